The maximum Gasteiger partial charge on any atom is 0.304 e. The minimum Gasteiger partial charge on any atom is -0.325 e. The fraction of sp³-hybridized carbons (Fsp3) is 0.462. The summed E-state index contributed by atoms with van der Waals surface area (Å²) < 4.78 is 13.5. The fourth-order valence-corrected chi connectivity index (χ4v) is 2.40. The van der Waals surface area contributed by atoms with E-state index in [9.17, 15) is 19.3 Å². The summed E-state index contributed by atoms with van der Waals surface area (Å²) >= 11 is 0. The lowest BCUT2D eigenvalue weighted by Gasteiger charge is -2.25. The van der Waals surface area contributed by atoms with Gasteiger partial charge in [-0.3, -0.25) is 14.9 Å². The number of carbonyl (C=O) groups excluding carboxylic acids is 1. The number of halogens is 1. The second kappa shape index (κ2) is 5.54. The number of benzene rings is 1. The van der Waals surface area contributed by atoms with Gasteiger partial charge in [-0.15, -0.1) is 0 Å². The second-order valence-electron chi connectivity index (χ2n) is 4.94. The average molecular weight is 281 g/mol. The van der Waals surface area contributed by atoms with Crippen LogP contribution in [0, 0.1) is 21.3 Å². The van der Waals surface area contributed by atoms with Crippen LogP contribution in [0.4, 0.5) is 15.8 Å². The highest BCUT2D eigenvalue weighted by Crippen LogP contribution is 2.31. The van der Waals surface area contributed by atoms with Gasteiger partial charge in [0.05, 0.1) is 10.3 Å². The van der Waals surface area contributed by atoms with Crippen molar-refractivity contribution in [2.24, 2.45) is 5.41 Å². The predicted octanol–water partition coefficient (Wildman–Crippen LogP) is 2.06. The van der Waals surface area contributed by atoms with Crippen LogP contribution in [0.25, 0.3) is 0 Å². The molecule has 0 bridgehead atoms. The Labute approximate surface area is 115 Å². The van der Waals surface area contributed by atoms with Crippen LogP contribution in [0.3, 0.4) is 0 Å². The first-order valence-corrected chi connectivity index (χ1v) is 6.44. The number of anilines is 1. The molecule has 1 saturated heterocycles. The molecule has 1 aliphatic rings. The molecule has 2 rings (SSSR count). The normalized spacial score (nSPS) is 21.7. The Hall–Kier alpha value is -2.02. The maximum atomic E-state index is 13.5. The Kier molecular flexibility index (Phi) is 3.99. The molecule has 0 aromatic heterocycles. The molecular formula is C13H16FN3O3. The average Bonchev–Trinajstić information content (AvgIpc) is 2.88. The molecule has 6 nitrogen and oxygen atoms in total. The number of nitrogens with zero attached hydrogens (tertiary/aromatic N) is 1. The number of hydrogen-bond acceptors (Lipinski definition) is 4. The summed E-state index contributed by atoms with van der Waals surface area (Å²) in [5, 5.41) is 16.3. The van der Waals surface area contributed by atoms with Crippen LogP contribution in [0.2, 0.25) is 0 Å². The van der Waals surface area contributed by atoms with Crippen LogP contribution >= 0.6 is 0 Å². The van der Waals surface area contributed by atoms with Gasteiger partial charge in [-0.25, -0.2) is 0 Å². The Morgan fingerprint density at radius 1 is 1.60 bits per heavy atom. The van der Waals surface area contributed by atoms with Gasteiger partial charge in [0, 0.05) is 24.4 Å². The van der Waals surface area contributed by atoms with E-state index < -0.39 is 21.8 Å². The lowest BCUT2D eigenvalue weighted by atomic mass is 9.83. The van der Waals surface area contributed by atoms with Crippen molar-refractivity contribution in [3.05, 3.63) is 34.1 Å². The zero-order valence-corrected chi connectivity index (χ0v) is 11.1. The van der Waals surface area contributed by atoms with E-state index in [2.05, 4.69) is 10.6 Å². The quantitative estimate of drug-likeness (QED) is 0.653. The van der Waals surface area contributed by atoms with Crippen molar-refractivity contribution >= 4 is 17.3 Å². The molecule has 1 fully saturated rings. The van der Waals surface area contributed by atoms with Crippen LogP contribution in [0.15, 0.2) is 18.2 Å². The largest absolute Gasteiger partial charge is 0.325 e. The summed E-state index contributed by atoms with van der Waals surface area (Å²) in [4.78, 5) is 22.0. The van der Waals surface area contributed by atoms with Crippen molar-refractivity contribution in [3.8, 4) is 0 Å². The molecule has 1 heterocycles. The van der Waals surface area contributed by atoms with Crippen LogP contribution in [0.1, 0.15) is 19.8 Å². The number of carbonyl (C=O) groups is 1. The smallest absolute Gasteiger partial charge is 0.304 e. The first kappa shape index (κ1) is 14.4. The van der Waals surface area contributed by atoms with Gasteiger partial charge in [0.25, 0.3) is 0 Å². The number of amides is 1. The second-order valence-corrected chi connectivity index (χ2v) is 4.94. The number of rotatable bonds is 4. The molecule has 0 spiro atoms. The molecule has 2 N–H and O–H groups in total. The van der Waals surface area contributed by atoms with Crippen molar-refractivity contribution in [1.29, 1.82) is 0 Å². The molecule has 1 aliphatic heterocycles. The van der Waals surface area contributed by atoms with Gasteiger partial charge in [0.15, 0.2) is 0 Å². The van der Waals surface area contributed by atoms with E-state index in [0.29, 0.717) is 13.0 Å². The molecule has 0 aliphatic carbocycles. The van der Waals surface area contributed by atoms with Crippen molar-refractivity contribution in [2.75, 3.05) is 18.4 Å². The van der Waals surface area contributed by atoms with Crippen LogP contribution in [-0.4, -0.2) is 23.9 Å². The van der Waals surface area contributed by atoms with Crippen molar-refractivity contribution in [2.45, 2.75) is 19.8 Å². The topological polar surface area (TPSA) is 84.3 Å². The minimum atomic E-state index is -0.956. The summed E-state index contributed by atoms with van der Waals surface area (Å²) in [5.74, 6) is -1.14. The molecule has 1 unspecified atom stereocenters. The molecular weight excluding hydrogens is 265 g/mol. The Morgan fingerprint density at radius 3 is 2.85 bits per heavy atom. The number of hydrogen-bond donors (Lipinski definition) is 2. The summed E-state index contributed by atoms with van der Waals surface area (Å²) in [5.41, 5.74) is -0.855. The van der Waals surface area contributed by atoms with Gasteiger partial charge >= 0.3 is 5.69 Å². The van der Waals surface area contributed by atoms with Gasteiger partial charge in [-0.05, 0) is 25.5 Å². The number of nitro benzene ring substituents is 1. The van der Waals surface area contributed by atoms with E-state index in [1.54, 1.807) is 0 Å². The van der Waals surface area contributed by atoms with Crippen LogP contribution in [-0.2, 0) is 4.79 Å². The first-order valence-electron chi connectivity index (χ1n) is 6.44. The molecule has 7 heteroatoms. The third-order valence-electron chi connectivity index (χ3n) is 3.80. The minimum absolute atomic E-state index is 0.182. The highest BCUT2D eigenvalue weighted by atomic mass is 19.1. The number of nitro groups is 1. The highest BCUT2D eigenvalue weighted by Gasteiger charge is 2.39. The zero-order chi connectivity index (χ0) is 14.8. The molecule has 0 saturated carbocycles. The highest BCUT2D eigenvalue weighted by molar-refractivity contribution is 5.95. The standard InChI is InChI=1S/C13H16FN3O3/c1-2-13(5-6-15-8-13)12(18)16-9-3-4-11(17(19)20)10(14)7-9/h3-4,7,15H,2,5-6,8H2,1H3,(H,16,18). The van der Waals surface area contributed by atoms with Crippen molar-refractivity contribution in [1.82, 2.24) is 5.32 Å². The third-order valence-corrected chi connectivity index (χ3v) is 3.80. The summed E-state index contributed by atoms with van der Waals surface area (Å²) in [7, 11) is 0. The Bertz CT molecular complexity index is 542. The lowest BCUT2D eigenvalue weighted by Crippen LogP contribution is -2.37. The summed E-state index contributed by atoms with van der Waals surface area (Å²) in [6.45, 7) is 3.30. The van der Waals surface area contributed by atoms with Gasteiger partial charge in [0.2, 0.25) is 11.7 Å². The SMILES string of the molecule is CCC1(C(=O)Nc2ccc([N+](=O)[O-])c(F)c2)CCNC1. The molecule has 0 radical (unpaired) electrons. The zero-order valence-electron chi connectivity index (χ0n) is 11.1. The van der Waals surface area contributed by atoms with Crippen LogP contribution < -0.4 is 10.6 Å². The first-order chi connectivity index (χ1) is 9.48. The predicted molar refractivity (Wildman–Crippen MR) is 71.9 cm³/mol. The van der Waals surface area contributed by atoms with E-state index in [4.69, 9.17) is 0 Å². The van der Waals surface area contributed by atoms with E-state index in [-0.39, 0.29) is 11.6 Å². The maximum absolute atomic E-state index is 13.5. The van der Waals surface area contributed by atoms with E-state index in [1.165, 1.54) is 6.07 Å². The van der Waals surface area contributed by atoms with E-state index in [0.717, 1.165) is 25.1 Å². The van der Waals surface area contributed by atoms with Gasteiger partial charge in [-0.2, -0.15) is 4.39 Å². The van der Waals surface area contributed by atoms with Gasteiger partial charge in [-0.1, -0.05) is 6.92 Å². The molecule has 1 atom stereocenters. The molecule has 20 heavy (non-hydrogen) atoms. The van der Waals surface area contributed by atoms with Crippen molar-refractivity contribution < 1.29 is 14.1 Å². The van der Waals surface area contributed by atoms with E-state index in [1.807, 2.05) is 6.92 Å². The summed E-state index contributed by atoms with van der Waals surface area (Å²) in [6.07, 6.45) is 1.41. The van der Waals surface area contributed by atoms with Gasteiger partial charge in [0.1, 0.15) is 0 Å². The molecule has 1 aromatic rings. The monoisotopic (exact) mass is 281 g/mol. The Balaban J connectivity index is 2.16. The third kappa shape index (κ3) is 2.62. The number of nitrogens with one attached hydrogen (secondary N) is 2. The van der Waals surface area contributed by atoms with Gasteiger partial charge < -0.3 is 10.6 Å². The summed E-state index contributed by atoms with van der Waals surface area (Å²) in [6, 6.07) is 3.36. The fourth-order valence-electron chi connectivity index (χ4n) is 2.40. The molecule has 108 valence electrons. The van der Waals surface area contributed by atoms with Crippen molar-refractivity contribution in [3.63, 3.8) is 0 Å². The molecule has 1 aromatic carbocycles. The Morgan fingerprint density at radius 2 is 2.35 bits per heavy atom. The van der Waals surface area contributed by atoms with E-state index >= 15 is 0 Å². The molecule has 1 amide bonds. The van der Waals surface area contributed by atoms with Crippen LogP contribution in [0.5, 0.6) is 0 Å². The lowest BCUT2D eigenvalue weighted by molar-refractivity contribution is -0.387.